The molecule has 1 fully saturated rings. The number of benzene rings is 1. The first-order valence-corrected chi connectivity index (χ1v) is 6.51. The van der Waals surface area contributed by atoms with Gasteiger partial charge in [0.05, 0.1) is 12.5 Å². The molecule has 3 nitrogen and oxygen atoms in total. The van der Waals surface area contributed by atoms with Gasteiger partial charge in [0, 0.05) is 6.42 Å². The molecule has 0 N–H and O–H groups in total. The van der Waals surface area contributed by atoms with Crippen LogP contribution in [0.2, 0.25) is 0 Å². The van der Waals surface area contributed by atoms with Crippen molar-refractivity contribution in [2.75, 3.05) is 7.11 Å². The van der Waals surface area contributed by atoms with E-state index in [-0.39, 0.29) is 11.5 Å². The van der Waals surface area contributed by atoms with Crippen LogP contribution in [0.25, 0.3) is 0 Å². The number of ketones is 1. The molecule has 0 saturated heterocycles. The zero-order valence-electron chi connectivity index (χ0n) is 11.2. The lowest BCUT2D eigenvalue weighted by atomic mass is 9.61. The number of hydrogen-bond donors (Lipinski definition) is 0. The minimum atomic E-state index is -0.291. The molecule has 1 aromatic rings. The fourth-order valence-electron chi connectivity index (χ4n) is 2.74. The summed E-state index contributed by atoms with van der Waals surface area (Å²) in [5, 5.41) is 0. The summed E-state index contributed by atoms with van der Waals surface area (Å²) in [5.41, 5.74) is -0.291. The number of carbonyl (C=O) groups is 1. The second-order valence-corrected chi connectivity index (χ2v) is 4.75. The monoisotopic (exact) mass is 248 g/mol. The summed E-state index contributed by atoms with van der Waals surface area (Å²) in [6, 6.07) is 7.58. The number of Topliss-reactive ketones (excluding diaryl/α,β-unsaturated/α-hetero) is 1. The fraction of sp³-hybridized carbons (Fsp3) is 0.533. The molecule has 0 amide bonds. The highest BCUT2D eigenvalue weighted by Crippen LogP contribution is 2.46. The Morgan fingerprint density at radius 1 is 1.22 bits per heavy atom. The van der Waals surface area contributed by atoms with E-state index in [0.717, 1.165) is 24.3 Å². The first-order valence-electron chi connectivity index (χ1n) is 6.51. The maximum Gasteiger partial charge on any atom is 0.161 e. The van der Waals surface area contributed by atoms with E-state index in [1.165, 1.54) is 0 Å². The fourth-order valence-corrected chi connectivity index (χ4v) is 2.74. The predicted octanol–water partition coefficient (Wildman–Crippen LogP) is 3.22. The Hall–Kier alpha value is -1.51. The third-order valence-corrected chi connectivity index (χ3v) is 4.14. The van der Waals surface area contributed by atoms with Crippen LogP contribution in [0.15, 0.2) is 24.3 Å². The maximum absolute atomic E-state index is 11.9. The van der Waals surface area contributed by atoms with Gasteiger partial charge in [0.1, 0.15) is 11.9 Å². The van der Waals surface area contributed by atoms with E-state index in [2.05, 4.69) is 13.8 Å². The van der Waals surface area contributed by atoms with Gasteiger partial charge in [-0.2, -0.15) is 0 Å². The Labute approximate surface area is 108 Å². The van der Waals surface area contributed by atoms with Crippen molar-refractivity contribution in [1.29, 1.82) is 0 Å². The molecule has 0 aromatic heterocycles. The summed E-state index contributed by atoms with van der Waals surface area (Å²) in [6.07, 6.45) is 2.17. The molecule has 1 unspecified atom stereocenters. The molecule has 1 saturated carbocycles. The molecule has 0 aliphatic heterocycles. The van der Waals surface area contributed by atoms with Crippen molar-refractivity contribution < 1.29 is 14.3 Å². The maximum atomic E-state index is 11.9. The van der Waals surface area contributed by atoms with E-state index >= 15 is 0 Å². The number of methoxy groups -OCH3 is 1. The molecule has 0 heterocycles. The third kappa shape index (κ3) is 1.88. The molecular formula is C15H20O3. The van der Waals surface area contributed by atoms with E-state index in [9.17, 15) is 4.79 Å². The average molecular weight is 248 g/mol. The summed E-state index contributed by atoms with van der Waals surface area (Å²) >= 11 is 0. The first-order chi connectivity index (χ1) is 8.67. The van der Waals surface area contributed by atoms with Crippen molar-refractivity contribution in [2.45, 2.75) is 39.2 Å². The summed E-state index contributed by atoms with van der Waals surface area (Å²) in [4.78, 5) is 11.9. The molecule has 0 spiro atoms. The Bertz CT molecular complexity index is 435. The zero-order valence-corrected chi connectivity index (χ0v) is 11.2. The zero-order chi connectivity index (χ0) is 13.2. The van der Waals surface area contributed by atoms with E-state index in [4.69, 9.17) is 9.47 Å². The standard InChI is InChI=1S/C15H20O3/c1-4-15(5-2)13(16)10-14(15)18-12-9-7-6-8-11(12)17-3/h6-9,14H,4-5,10H2,1-3H3. The van der Waals surface area contributed by atoms with Gasteiger partial charge in [-0.25, -0.2) is 0 Å². The lowest BCUT2D eigenvalue weighted by Crippen LogP contribution is -2.56. The molecule has 3 heteroatoms. The van der Waals surface area contributed by atoms with Crippen LogP contribution in [-0.2, 0) is 4.79 Å². The summed E-state index contributed by atoms with van der Waals surface area (Å²) in [5.74, 6) is 1.77. The number of hydrogen-bond acceptors (Lipinski definition) is 3. The van der Waals surface area contributed by atoms with Crippen molar-refractivity contribution in [1.82, 2.24) is 0 Å². The topological polar surface area (TPSA) is 35.5 Å². The molecule has 98 valence electrons. The van der Waals surface area contributed by atoms with Crippen LogP contribution < -0.4 is 9.47 Å². The molecular weight excluding hydrogens is 228 g/mol. The van der Waals surface area contributed by atoms with Gasteiger partial charge in [0.25, 0.3) is 0 Å². The quantitative estimate of drug-likeness (QED) is 0.802. The second-order valence-electron chi connectivity index (χ2n) is 4.75. The van der Waals surface area contributed by atoms with Crippen LogP contribution in [-0.4, -0.2) is 19.0 Å². The van der Waals surface area contributed by atoms with Crippen LogP contribution in [0.5, 0.6) is 11.5 Å². The second kappa shape index (κ2) is 5.01. The van der Waals surface area contributed by atoms with E-state index < -0.39 is 0 Å². The Kier molecular flexibility index (Phi) is 3.60. The molecule has 1 aromatic carbocycles. The van der Waals surface area contributed by atoms with Crippen molar-refractivity contribution in [3.63, 3.8) is 0 Å². The number of para-hydroxylation sites is 2. The van der Waals surface area contributed by atoms with Crippen molar-refractivity contribution in [2.24, 2.45) is 5.41 Å². The van der Waals surface area contributed by atoms with Crippen molar-refractivity contribution in [3.05, 3.63) is 24.3 Å². The Morgan fingerprint density at radius 3 is 2.33 bits per heavy atom. The average Bonchev–Trinajstić information content (AvgIpc) is 2.40. The van der Waals surface area contributed by atoms with Crippen LogP contribution in [0.1, 0.15) is 33.1 Å². The molecule has 1 aliphatic carbocycles. The molecule has 0 bridgehead atoms. The normalized spacial score (nSPS) is 21.3. The number of ether oxygens (including phenoxy) is 2. The van der Waals surface area contributed by atoms with Crippen LogP contribution in [0.3, 0.4) is 0 Å². The van der Waals surface area contributed by atoms with E-state index in [1.807, 2.05) is 24.3 Å². The molecule has 1 aliphatic rings. The number of rotatable bonds is 5. The van der Waals surface area contributed by atoms with Gasteiger partial charge < -0.3 is 9.47 Å². The van der Waals surface area contributed by atoms with Gasteiger partial charge in [0.2, 0.25) is 0 Å². The van der Waals surface area contributed by atoms with Crippen LogP contribution in [0, 0.1) is 5.41 Å². The van der Waals surface area contributed by atoms with E-state index in [0.29, 0.717) is 12.2 Å². The van der Waals surface area contributed by atoms with Gasteiger partial charge in [-0.1, -0.05) is 26.0 Å². The molecule has 18 heavy (non-hydrogen) atoms. The van der Waals surface area contributed by atoms with Gasteiger partial charge in [-0.15, -0.1) is 0 Å². The summed E-state index contributed by atoms with van der Waals surface area (Å²) in [6.45, 7) is 4.11. The minimum Gasteiger partial charge on any atom is -0.493 e. The molecule has 0 radical (unpaired) electrons. The molecule has 2 rings (SSSR count). The highest BCUT2D eigenvalue weighted by atomic mass is 16.5. The SMILES string of the molecule is CCC1(CC)C(=O)CC1Oc1ccccc1OC. The van der Waals surface area contributed by atoms with Gasteiger partial charge in [0.15, 0.2) is 11.5 Å². The number of carbonyl (C=O) groups excluding carboxylic acids is 1. The van der Waals surface area contributed by atoms with Crippen LogP contribution >= 0.6 is 0 Å². The van der Waals surface area contributed by atoms with Crippen LogP contribution in [0.4, 0.5) is 0 Å². The minimum absolute atomic E-state index is 0.0173. The lowest BCUT2D eigenvalue weighted by Gasteiger charge is -2.46. The predicted molar refractivity (Wildman–Crippen MR) is 70.0 cm³/mol. The third-order valence-electron chi connectivity index (χ3n) is 4.14. The van der Waals surface area contributed by atoms with E-state index in [1.54, 1.807) is 7.11 Å². The highest BCUT2D eigenvalue weighted by molar-refractivity contribution is 5.92. The lowest BCUT2D eigenvalue weighted by molar-refractivity contribution is -0.153. The Morgan fingerprint density at radius 2 is 1.83 bits per heavy atom. The summed E-state index contributed by atoms with van der Waals surface area (Å²) < 4.78 is 11.3. The first kappa shape index (κ1) is 12.9. The van der Waals surface area contributed by atoms with Gasteiger partial charge >= 0.3 is 0 Å². The highest BCUT2D eigenvalue weighted by Gasteiger charge is 2.54. The van der Waals surface area contributed by atoms with Crippen molar-refractivity contribution >= 4 is 5.78 Å². The largest absolute Gasteiger partial charge is 0.493 e. The summed E-state index contributed by atoms with van der Waals surface area (Å²) in [7, 11) is 1.63. The van der Waals surface area contributed by atoms with Gasteiger partial charge in [-0.05, 0) is 25.0 Å². The Balaban J connectivity index is 2.17. The van der Waals surface area contributed by atoms with Crippen molar-refractivity contribution in [3.8, 4) is 11.5 Å². The smallest absolute Gasteiger partial charge is 0.161 e. The van der Waals surface area contributed by atoms with Gasteiger partial charge in [-0.3, -0.25) is 4.79 Å². The molecule has 1 atom stereocenters.